The average molecular weight is 535 g/mol. The van der Waals surface area contributed by atoms with Crippen molar-refractivity contribution in [2.24, 2.45) is 5.41 Å². The molecule has 0 saturated carbocycles. The number of benzene rings is 3. The van der Waals surface area contributed by atoms with Crippen molar-refractivity contribution < 1.29 is 28.1 Å². The molecule has 0 amide bonds. The van der Waals surface area contributed by atoms with Crippen LogP contribution in [-0.2, 0) is 20.9 Å². The van der Waals surface area contributed by atoms with Gasteiger partial charge < -0.3 is 18.9 Å². The number of hydrogen-bond acceptors (Lipinski definition) is 5. The summed E-state index contributed by atoms with van der Waals surface area (Å²) < 4.78 is 37.4. The Morgan fingerprint density at radius 1 is 1.00 bits per heavy atom. The lowest BCUT2D eigenvalue weighted by atomic mass is 9.79. The van der Waals surface area contributed by atoms with E-state index in [2.05, 4.69) is 6.58 Å². The summed E-state index contributed by atoms with van der Waals surface area (Å²) in [4.78, 5) is 11.8. The van der Waals surface area contributed by atoms with Gasteiger partial charge in [-0.1, -0.05) is 51.1 Å². The smallest absolute Gasteiger partial charge is 0.306 e. The highest BCUT2D eigenvalue weighted by molar-refractivity contribution is 5.71. The van der Waals surface area contributed by atoms with E-state index in [9.17, 15) is 4.79 Å². The fraction of sp³-hybridized carbons (Fsp3) is 0.364. The summed E-state index contributed by atoms with van der Waals surface area (Å²) >= 11 is 0. The van der Waals surface area contributed by atoms with E-state index < -0.39 is 5.41 Å². The van der Waals surface area contributed by atoms with Gasteiger partial charge in [0.1, 0.15) is 23.9 Å². The second-order valence-corrected chi connectivity index (χ2v) is 10.2. The Hall–Kier alpha value is -3.64. The summed E-state index contributed by atoms with van der Waals surface area (Å²) in [5.74, 6) is 0.743. The van der Waals surface area contributed by atoms with Crippen LogP contribution in [0.4, 0.5) is 4.39 Å². The number of esters is 1. The van der Waals surface area contributed by atoms with Gasteiger partial charge >= 0.3 is 5.97 Å². The Morgan fingerprint density at radius 3 is 2.41 bits per heavy atom. The summed E-state index contributed by atoms with van der Waals surface area (Å²) in [7, 11) is 4.61. The molecule has 6 heteroatoms. The molecule has 1 unspecified atom stereocenters. The Balaban J connectivity index is 1.97. The molecule has 0 saturated heterocycles. The molecule has 3 aromatic rings. The van der Waals surface area contributed by atoms with Gasteiger partial charge in [-0.25, -0.2) is 4.39 Å². The maximum absolute atomic E-state index is 15.1. The van der Waals surface area contributed by atoms with Gasteiger partial charge in [-0.15, -0.1) is 6.58 Å². The molecule has 2 atom stereocenters. The van der Waals surface area contributed by atoms with E-state index in [4.69, 9.17) is 18.9 Å². The van der Waals surface area contributed by atoms with Gasteiger partial charge in [-0.3, -0.25) is 4.79 Å². The molecule has 5 nitrogen and oxygen atoms in total. The normalized spacial score (nSPS) is 12.9. The molecule has 0 N–H and O–H groups in total. The van der Waals surface area contributed by atoms with Crippen molar-refractivity contribution in [2.75, 3.05) is 21.3 Å². The first-order valence-corrected chi connectivity index (χ1v) is 13.1. The van der Waals surface area contributed by atoms with E-state index in [1.165, 1.54) is 13.2 Å². The predicted octanol–water partition coefficient (Wildman–Crippen LogP) is 8.04. The number of rotatable bonds is 13. The largest absolute Gasteiger partial charge is 0.497 e. The Kier molecular flexibility index (Phi) is 10.3. The monoisotopic (exact) mass is 534 g/mol. The number of methoxy groups -OCH3 is 3. The number of carbonyl (C=O) groups excluding carboxylic acids is 1. The van der Waals surface area contributed by atoms with Crippen LogP contribution in [0.25, 0.3) is 11.1 Å². The van der Waals surface area contributed by atoms with Gasteiger partial charge in [-0.05, 0) is 71.0 Å². The maximum atomic E-state index is 15.1. The molecule has 3 rings (SSSR count). The highest BCUT2D eigenvalue weighted by atomic mass is 19.1. The Bertz CT molecular complexity index is 1280. The molecule has 0 bridgehead atoms. The van der Waals surface area contributed by atoms with Crippen LogP contribution in [0.15, 0.2) is 73.3 Å². The molecule has 0 aliphatic rings. The minimum Gasteiger partial charge on any atom is -0.497 e. The third kappa shape index (κ3) is 7.27. The highest BCUT2D eigenvalue weighted by Gasteiger charge is 2.31. The van der Waals surface area contributed by atoms with E-state index in [0.717, 1.165) is 23.1 Å². The second kappa shape index (κ2) is 13.4. The van der Waals surface area contributed by atoms with Crippen LogP contribution < -0.4 is 9.47 Å². The molecule has 0 radical (unpaired) electrons. The minimum absolute atomic E-state index is 0.0493. The minimum atomic E-state index is -0.429. The zero-order valence-electron chi connectivity index (χ0n) is 23.8. The zero-order valence-corrected chi connectivity index (χ0v) is 23.8. The van der Waals surface area contributed by atoms with E-state index >= 15 is 4.39 Å². The number of hydrogen-bond donors (Lipinski definition) is 0. The molecule has 0 aromatic heterocycles. The van der Waals surface area contributed by atoms with Gasteiger partial charge in [0, 0.05) is 18.1 Å². The summed E-state index contributed by atoms with van der Waals surface area (Å²) in [6, 6.07) is 18.3. The van der Waals surface area contributed by atoms with Crippen LogP contribution >= 0.6 is 0 Å². The van der Waals surface area contributed by atoms with E-state index in [1.807, 2.05) is 69.3 Å². The lowest BCUT2D eigenvalue weighted by Gasteiger charge is -2.32. The van der Waals surface area contributed by atoms with Crippen LogP contribution in [0.3, 0.4) is 0 Å². The average Bonchev–Trinajstić information content (AvgIpc) is 2.95. The summed E-state index contributed by atoms with van der Waals surface area (Å²) in [6.45, 7) is 10.4. The molecule has 39 heavy (non-hydrogen) atoms. The van der Waals surface area contributed by atoms with Crippen molar-refractivity contribution in [3.05, 3.63) is 95.8 Å². The molecule has 0 spiro atoms. The van der Waals surface area contributed by atoms with Gasteiger partial charge in [0.05, 0.1) is 26.7 Å². The van der Waals surface area contributed by atoms with Crippen LogP contribution in [0.2, 0.25) is 0 Å². The topological polar surface area (TPSA) is 54.0 Å². The van der Waals surface area contributed by atoms with Crippen LogP contribution in [0, 0.1) is 11.2 Å². The maximum Gasteiger partial charge on any atom is 0.306 e. The second-order valence-electron chi connectivity index (χ2n) is 10.2. The third-order valence-electron chi connectivity index (χ3n) is 7.17. The molecule has 0 aliphatic carbocycles. The van der Waals surface area contributed by atoms with E-state index in [1.54, 1.807) is 26.4 Å². The van der Waals surface area contributed by atoms with Crippen molar-refractivity contribution in [1.29, 1.82) is 0 Å². The number of halogens is 1. The molecule has 3 aromatic carbocycles. The first-order chi connectivity index (χ1) is 18.7. The van der Waals surface area contributed by atoms with Crippen LogP contribution in [0.1, 0.15) is 62.3 Å². The van der Waals surface area contributed by atoms with E-state index in [-0.39, 0.29) is 23.8 Å². The fourth-order valence-electron chi connectivity index (χ4n) is 4.75. The Labute approximate surface area is 231 Å². The van der Waals surface area contributed by atoms with Crippen molar-refractivity contribution in [2.45, 2.75) is 52.2 Å². The molecule has 0 heterocycles. The van der Waals surface area contributed by atoms with Crippen molar-refractivity contribution in [3.8, 4) is 22.6 Å². The van der Waals surface area contributed by atoms with Gasteiger partial charge in [0.2, 0.25) is 0 Å². The molecule has 0 aliphatic heterocycles. The van der Waals surface area contributed by atoms with Gasteiger partial charge in [0.25, 0.3) is 0 Å². The number of carbonyl (C=O) groups is 1. The first kappa shape index (κ1) is 29.9. The molecule has 208 valence electrons. The summed E-state index contributed by atoms with van der Waals surface area (Å²) in [5, 5.41) is 0. The number of ether oxygens (including phenoxy) is 4. The SMILES string of the molecule is C=CC(C)(C)C(OC)c1cc(COc2cccc([C@H](CC)CC(=O)OC)c2)ccc1-c1cc(OC)ccc1F. The van der Waals surface area contributed by atoms with Crippen LogP contribution in [-0.4, -0.2) is 27.3 Å². The fourth-order valence-corrected chi connectivity index (χ4v) is 4.75. The predicted molar refractivity (Wildman–Crippen MR) is 153 cm³/mol. The van der Waals surface area contributed by atoms with Crippen molar-refractivity contribution in [3.63, 3.8) is 0 Å². The lowest BCUT2D eigenvalue weighted by molar-refractivity contribution is -0.141. The van der Waals surface area contributed by atoms with E-state index in [0.29, 0.717) is 35.7 Å². The summed E-state index contributed by atoms with van der Waals surface area (Å²) in [6.07, 6.45) is 2.59. The zero-order chi connectivity index (χ0) is 28.6. The first-order valence-electron chi connectivity index (χ1n) is 13.1. The highest BCUT2D eigenvalue weighted by Crippen LogP contribution is 2.43. The molecular weight excluding hydrogens is 495 g/mol. The Morgan fingerprint density at radius 2 is 1.77 bits per heavy atom. The molecule has 0 fully saturated rings. The van der Waals surface area contributed by atoms with Crippen LogP contribution in [0.5, 0.6) is 11.5 Å². The van der Waals surface area contributed by atoms with Crippen molar-refractivity contribution >= 4 is 5.97 Å². The quantitative estimate of drug-likeness (QED) is 0.164. The lowest BCUT2D eigenvalue weighted by Crippen LogP contribution is -2.22. The van der Waals surface area contributed by atoms with Gasteiger partial charge in [-0.2, -0.15) is 0 Å². The van der Waals surface area contributed by atoms with Crippen molar-refractivity contribution in [1.82, 2.24) is 0 Å². The molecular formula is C33H39FO5. The summed E-state index contributed by atoms with van der Waals surface area (Å²) in [5.41, 5.74) is 3.48. The van der Waals surface area contributed by atoms with Gasteiger partial charge in [0.15, 0.2) is 0 Å². The third-order valence-corrected chi connectivity index (χ3v) is 7.17. The standard InChI is InChI=1S/C33H39FO5/c1-8-23(19-31(35)37-6)24-11-10-12-26(18-24)39-21-22-13-15-27(28-20-25(36-5)14-16-30(28)34)29(17-22)32(38-7)33(3,4)9-2/h9-18,20,23,32H,2,8,19,21H2,1,3-7H3/t23-,32?/m1/s1.